The van der Waals surface area contributed by atoms with Crippen molar-refractivity contribution in [2.24, 2.45) is 0 Å². The summed E-state index contributed by atoms with van der Waals surface area (Å²) in [7, 11) is -1.72. The van der Waals surface area contributed by atoms with Crippen molar-refractivity contribution in [2.45, 2.75) is 11.8 Å². The van der Waals surface area contributed by atoms with Gasteiger partial charge in [-0.1, -0.05) is 11.3 Å². The first-order chi connectivity index (χ1) is 14.2. The average molecular weight is 443 g/mol. The zero-order chi connectivity index (χ0) is 21.5. The minimum Gasteiger partial charge on any atom is -0.497 e. The van der Waals surface area contributed by atoms with Gasteiger partial charge >= 0.3 is 0 Å². The van der Waals surface area contributed by atoms with Crippen LogP contribution in [0.25, 0.3) is 15.3 Å². The standard InChI is InChI=1S/C20H18N4O4S2/c1-12-10-18(22-19(25)13-4-7-15(8-5-13)30(3,26)27)24(23-12)20-21-16-11-14(28-2)6-9-17(16)29-20/h4-11H,1-3H3,(H,22,25). The number of hydrogen-bond acceptors (Lipinski definition) is 7. The fraction of sp³-hybridized carbons (Fsp3) is 0.150. The van der Waals surface area contributed by atoms with Crippen molar-refractivity contribution in [2.75, 3.05) is 18.7 Å². The Labute approximate surface area is 177 Å². The number of rotatable bonds is 5. The Morgan fingerprint density at radius 3 is 2.53 bits per heavy atom. The minimum atomic E-state index is -3.32. The smallest absolute Gasteiger partial charge is 0.256 e. The van der Waals surface area contributed by atoms with Gasteiger partial charge in [-0.15, -0.1) is 0 Å². The Kier molecular flexibility index (Phi) is 5.04. The van der Waals surface area contributed by atoms with Gasteiger partial charge in [-0.2, -0.15) is 9.78 Å². The van der Waals surface area contributed by atoms with E-state index in [-0.39, 0.29) is 10.8 Å². The number of carbonyl (C=O) groups excluding carboxylic acids is 1. The Bertz CT molecular complexity index is 1360. The molecule has 2 heterocycles. The summed E-state index contributed by atoms with van der Waals surface area (Å²) in [6, 6.07) is 13.1. The number of amides is 1. The van der Waals surface area contributed by atoms with Crippen molar-refractivity contribution in [1.82, 2.24) is 14.8 Å². The quantitative estimate of drug-likeness (QED) is 0.508. The number of nitrogens with one attached hydrogen (secondary N) is 1. The van der Waals surface area contributed by atoms with Gasteiger partial charge < -0.3 is 10.1 Å². The van der Waals surface area contributed by atoms with Crippen molar-refractivity contribution in [3.8, 4) is 10.9 Å². The third-order valence-corrected chi connectivity index (χ3v) is 6.52. The first-order valence-corrected chi connectivity index (χ1v) is 11.6. The van der Waals surface area contributed by atoms with E-state index in [1.165, 1.54) is 35.6 Å². The summed E-state index contributed by atoms with van der Waals surface area (Å²) in [5, 5.41) is 7.88. The lowest BCUT2D eigenvalue weighted by Crippen LogP contribution is -2.15. The number of aromatic nitrogens is 3. The van der Waals surface area contributed by atoms with Gasteiger partial charge in [-0.05, 0) is 43.3 Å². The molecule has 4 aromatic rings. The average Bonchev–Trinajstić information content (AvgIpc) is 3.29. The number of aryl methyl sites for hydroxylation is 1. The van der Waals surface area contributed by atoms with E-state index in [9.17, 15) is 13.2 Å². The van der Waals surface area contributed by atoms with Crippen molar-refractivity contribution >= 4 is 43.1 Å². The summed E-state index contributed by atoms with van der Waals surface area (Å²) in [5.74, 6) is 0.803. The number of methoxy groups -OCH3 is 1. The van der Waals surface area contributed by atoms with Gasteiger partial charge in [-0.3, -0.25) is 4.79 Å². The lowest BCUT2D eigenvalue weighted by Gasteiger charge is -2.07. The van der Waals surface area contributed by atoms with Crippen LogP contribution in [0.5, 0.6) is 5.75 Å². The largest absolute Gasteiger partial charge is 0.497 e. The zero-order valence-electron chi connectivity index (χ0n) is 16.4. The van der Waals surface area contributed by atoms with E-state index in [1.54, 1.807) is 17.9 Å². The predicted octanol–water partition coefficient (Wildman–Crippen LogP) is 3.45. The molecule has 2 aromatic heterocycles. The Balaban J connectivity index is 1.64. The van der Waals surface area contributed by atoms with E-state index >= 15 is 0 Å². The molecule has 10 heteroatoms. The maximum absolute atomic E-state index is 12.7. The number of benzene rings is 2. The molecule has 4 rings (SSSR count). The third kappa shape index (κ3) is 3.91. The molecule has 8 nitrogen and oxygen atoms in total. The van der Waals surface area contributed by atoms with Crippen molar-refractivity contribution in [3.63, 3.8) is 0 Å². The van der Waals surface area contributed by atoms with Crippen LogP contribution >= 0.6 is 11.3 Å². The van der Waals surface area contributed by atoms with E-state index in [0.717, 1.165) is 22.2 Å². The molecule has 1 amide bonds. The van der Waals surface area contributed by atoms with Gasteiger partial charge in [0.2, 0.25) is 5.13 Å². The molecule has 0 spiro atoms. The summed E-state index contributed by atoms with van der Waals surface area (Å²) >= 11 is 1.44. The van der Waals surface area contributed by atoms with Crippen LogP contribution in [0.2, 0.25) is 0 Å². The van der Waals surface area contributed by atoms with Crippen molar-refractivity contribution in [3.05, 3.63) is 59.8 Å². The van der Waals surface area contributed by atoms with Crippen LogP contribution in [0.15, 0.2) is 53.4 Å². The third-order valence-electron chi connectivity index (χ3n) is 4.38. The highest BCUT2D eigenvalue weighted by Gasteiger charge is 2.16. The van der Waals surface area contributed by atoms with Crippen LogP contribution in [0.1, 0.15) is 16.1 Å². The molecular weight excluding hydrogens is 424 g/mol. The normalized spacial score (nSPS) is 11.6. The van der Waals surface area contributed by atoms with Gasteiger partial charge in [0, 0.05) is 24.0 Å². The lowest BCUT2D eigenvalue weighted by atomic mass is 10.2. The molecule has 30 heavy (non-hydrogen) atoms. The van der Waals surface area contributed by atoms with Crippen molar-refractivity contribution < 1.29 is 17.9 Å². The van der Waals surface area contributed by atoms with Crippen molar-refractivity contribution in [1.29, 1.82) is 0 Å². The highest BCUT2D eigenvalue weighted by atomic mass is 32.2. The highest BCUT2D eigenvalue weighted by Crippen LogP contribution is 2.29. The molecule has 0 saturated heterocycles. The maximum Gasteiger partial charge on any atom is 0.256 e. The number of nitrogens with zero attached hydrogens (tertiary/aromatic N) is 3. The van der Waals surface area contributed by atoms with Gasteiger partial charge in [-0.25, -0.2) is 13.4 Å². The number of hydrogen-bond donors (Lipinski definition) is 1. The fourth-order valence-electron chi connectivity index (χ4n) is 2.89. The molecule has 1 N–H and O–H groups in total. The lowest BCUT2D eigenvalue weighted by molar-refractivity contribution is 0.102. The van der Waals surface area contributed by atoms with E-state index in [0.29, 0.717) is 22.3 Å². The number of sulfone groups is 1. The molecule has 0 unspecified atom stereocenters. The minimum absolute atomic E-state index is 0.157. The molecule has 0 aliphatic heterocycles. The molecule has 0 saturated carbocycles. The fourth-order valence-corrected chi connectivity index (χ4v) is 4.43. The summed E-state index contributed by atoms with van der Waals surface area (Å²) in [5.41, 5.74) is 1.83. The van der Waals surface area contributed by atoms with E-state index < -0.39 is 9.84 Å². The maximum atomic E-state index is 12.7. The Morgan fingerprint density at radius 2 is 1.87 bits per heavy atom. The van der Waals surface area contributed by atoms with E-state index in [1.807, 2.05) is 25.1 Å². The van der Waals surface area contributed by atoms with E-state index in [2.05, 4.69) is 15.4 Å². The van der Waals surface area contributed by atoms with Crippen LogP contribution < -0.4 is 10.1 Å². The van der Waals surface area contributed by atoms with Gasteiger partial charge in [0.1, 0.15) is 11.6 Å². The highest BCUT2D eigenvalue weighted by molar-refractivity contribution is 7.90. The second kappa shape index (κ2) is 7.54. The predicted molar refractivity (Wildman–Crippen MR) is 116 cm³/mol. The molecule has 0 bridgehead atoms. The van der Waals surface area contributed by atoms with Gasteiger partial charge in [0.05, 0.1) is 27.9 Å². The monoisotopic (exact) mass is 442 g/mol. The number of anilines is 1. The number of fused-ring (bicyclic) bond motifs is 1. The topological polar surface area (TPSA) is 103 Å². The number of carbonyl (C=O) groups is 1. The van der Waals surface area contributed by atoms with Crippen LogP contribution in [0.4, 0.5) is 5.82 Å². The summed E-state index contributed by atoms with van der Waals surface area (Å²) < 4.78 is 31.0. The van der Waals surface area contributed by atoms with Gasteiger partial charge in [0.15, 0.2) is 9.84 Å². The first-order valence-electron chi connectivity index (χ1n) is 8.88. The summed E-state index contributed by atoms with van der Waals surface area (Å²) in [6.45, 7) is 1.82. The zero-order valence-corrected chi connectivity index (χ0v) is 18.0. The SMILES string of the molecule is COc1ccc2sc(-n3nc(C)cc3NC(=O)c3ccc(S(C)(=O)=O)cc3)nc2c1. The summed E-state index contributed by atoms with van der Waals surface area (Å²) in [6.07, 6.45) is 1.12. The molecule has 0 atom stereocenters. The molecule has 0 aliphatic rings. The molecule has 0 radical (unpaired) electrons. The molecular formula is C20H18N4O4S2. The van der Waals surface area contributed by atoms with Crippen LogP contribution in [0, 0.1) is 6.92 Å². The van der Waals surface area contributed by atoms with Gasteiger partial charge in [0.25, 0.3) is 5.91 Å². The second-order valence-electron chi connectivity index (χ2n) is 6.66. The van der Waals surface area contributed by atoms with Crippen LogP contribution in [-0.4, -0.2) is 42.5 Å². The molecule has 0 aliphatic carbocycles. The molecule has 154 valence electrons. The molecule has 2 aromatic carbocycles. The first kappa shape index (κ1) is 20.0. The Morgan fingerprint density at radius 1 is 1.13 bits per heavy atom. The number of ether oxygens (including phenoxy) is 1. The number of thiazole rings is 1. The van der Waals surface area contributed by atoms with E-state index in [4.69, 9.17) is 4.74 Å². The van der Waals surface area contributed by atoms with Crippen LogP contribution in [-0.2, 0) is 9.84 Å². The Hall–Kier alpha value is -3.24. The summed E-state index contributed by atoms with van der Waals surface area (Å²) in [4.78, 5) is 17.5. The molecule has 0 fully saturated rings. The second-order valence-corrected chi connectivity index (χ2v) is 9.69. The van der Waals surface area contributed by atoms with Crippen LogP contribution in [0.3, 0.4) is 0 Å².